The zero-order chi connectivity index (χ0) is 8.18. The summed E-state index contributed by atoms with van der Waals surface area (Å²) in [5, 5.41) is 0. The van der Waals surface area contributed by atoms with Gasteiger partial charge >= 0.3 is 0 Å². The van der Waals surface area contributed by atoms with E-state index in [0.29, 0.717) is 5.41 Å². The van der Waals surface area contributed by atoms with Crippen LogP contribution in [-0.4, -0.2) is 0 Å². The third-order valence-corrected chi connectivity index (χ3v) is 3.57. The Morgan fingerprint density at radius 1 is 1.17 bits per heavy atom. The molecule has 1 saturated carbocycles. The van der Waals surface area contributed by atoms with Gasteiger partial charge in [-0.25, -0.2) is 0 Å². The van der Waals surface area contributed by atoms with E-state index < -0.39 is 0 Å². The minimum Gasteiger partial charge on any atom is -0.0619 e. The molecule has 0 N–H and O–H groups in total. The summed E-state index contributed by atoms with van der Waals surface area (Å²) < 4.78 is 1.29. The molecule has 3 rings (SSSR count). The van der Waals surface area contributed by atoms with Crippen molar-refractivity contribution in [3.63, 3.8) is 0 Å². The van der Waals surface area contributed by atoms with Gasteiger partial charge in [0.25, 0.3) is 0 Å². The van der Waals surface area contributed by atoms with E-state index in [1.54, 1.807) is 0 Å². The minimum atomic E-state index is 0.440. The van der Waals surface area contributed by atoms with Crippen molar-refractivity contribution in [3.05, 3.63) is 41.5 Å². The van der Waals surface area contributed by atoms with E-state index in [2.05, 4.69) is 46.3 Å². The van der Waals surface area contributed by atoms with E-state index in [-0.39, 0.29) is 0 Å². The van der Waals surface area contributed by atoms with Crippen molar-refractivity contribution in [2.75, 3.05) is 0 Å². The Bertz CT molecular complexity index is 372. The number of fused-ring (bicyclic) bond motifs is 2. The number of halogens is 1. The van der Waals surface area contributed by atoms with Crippen LogP contribution in [0, 0.1) is 0 Å². The van der Waals surface area contributed by atoms with E-state index in [0.717, 1.165) is 0 Å². The molecular weight excluding hydrogens is 212 g/mol. The Balaban J connectivity index is 2.29. The summed E-state index contributed by atoms with van der Waals surface area (Å²) in [4.78, 5) is 0. The maximum Gasteiger partial charge on any atom is 0.0219 e. The van der Waals surface area contributed by atoms with Crippen LogP contribution in [0.25, 0.3) is 4.48 Å². The Morgan fingerprint density at radius 3 is 2.67 bits per heavy atom. The standard InChI is InChI=1S/C11H9Br/c12-10-7-11(5-6-11)9-4-2-1-3-8(9)10/h1-4,7H,5-6H2. The van der Waals surface area contributed by atoms with E-state index in [4.69, 9.17) is 0 Å². The normalized spacial score (nSPS) is 22.2. The molecule has 12 heavy (non-hydrogen) atoms. The van der Waals surface area contributed by atoms with Crippen molar-refractivity contribution < 1.29 is 0 Å². The predicted molar refractivity (Wildman–Crippen MR) is 54.3 cm³/mol. The molecule has 1 heteroatoms. The lowest BCUT2D eigenvalue weighted by molar-refractivity contribution is 0.913. The van der Waals surface area contributed by atoms with Crippen LogP contribution in [0.3, 0.4) is 0 Å². The molecule has 1 fully saturated rings. The first-order chi connectivity index (χ1) is 5.82. The van der Waals surface area contributed by atoms with Gasteiger partial charge in [0, 0.05) is 9.90 Å². The molecule has 0 aliphatic heterocycles. The maximum absolute atomic E-state index is 3.61. The molecule has 0 aromatic heterocycles. The third kappa shape index (κ3) is 0.726. The second kappa shape index (κ2) is 2.02. The molecule has 0 bridgehead atoms. The monoisotopic (exact) mass is 220 g/mol. The first kappa shape index (κ1) is 6.90. The molecule has 0 radical (unpaired) electrons. The SMILES string of the molecule is BrC1=CC2(CC2)c2ccccc21. The minimum absolute atomic E-state index is 0.440. The van der Waals surface area contributed by atoms with E-state index in [9.17, 15) is 0 Å². The number of hydrogen-bond acceptors (Lipinski definition) is 0. The predicted octanol–water partition coefficient (Wildman–Crippen LogP) is 3.47. The Hall–Kier alpha value is -0.560. The van der Waals surface area contributed by atoms with Gasteiger partial charge in [0.2, 0.25) is 0 Å². The average Bonchev–Trinajstić information content (AvgIpc) is 2.79. The summed E-state index contributed by atoms with van der Waals surface area (Å²) in [5.41, 5.74) is 3.36. The lowest BCUT2D eigenvalue weighted by Crippen LogP contribution is -1.97. The zero-order valence-electron chi connectivity index (χ0n) is 6.68. The summed E-state index contributed by atoms with van der Waals surface area (Å²) in [6.45, 7) is 0. The fourth-order valence-corrected chi connectivity index (χ4v) is 2.86. The van der Waals surface area contributed by atoms with Gasteiger partial charge in [-0.2, -0.15) is 0 Å². The van der Waals surface area contributed by atoms with Crippen LogP contribution in [0.4, 0.5) is 0 Å². The smallest absolute Gasteiger partial charge is 0.0219 e. The molecule has 0 saturated heterocycles. The van der Waals surface area contributed by atoms with E-state index in [1.165, 1.54) is 28.5 Å². The van der Waals surface area contributed by atoms with Gasteiger partial charge in [0.15, 0.2) is 0 Å². The summed E-state index contributed by atoms with van der Waals surface area (Å²) in [7, 11) is 0. The maximum atomic E-state index is 3.61. The summed E-state index contributed by atoms with van der Waals surface area (Å²) in [6, 6.07) is 8.70. The third-order valence-electron chi connectivity index (χ3n) is 2.91. The fraction of sp³-hybridized carbons (Fsp3) is 0.273. The number of benzene rings is 1. The molecule has 60 valence electrons. The highest BCUT2D eigenvalue weighted by atomic mass is 79.9. The van der Waals surface area contributed by atoms with Crippen molar-refractivity contribution >= 4 is 20.4 Å². The molecule has 0 nitrogen and oxygen atoms in total. The lowest BCUT2D eigenvalue weighted by Gasteiger charge is -2.05. The van der Waals surface area contributed by atoms with Crippen molar-refractivity contribution in [1.82, 2.24) is 0 Å². The highest BCUT2D eigenvalue weighted by molar-refractivity contribution is 9.15. The number of rotatable bonds is 0. The van der Waals surface area contributed by atoms with Crippen LogP contribution >= 0.6 is 15.9 Å². The average molecular weight is 221 g/mol. The van der Waals surface area contributed by atoms with Crippen molar-refractivity contribution in [1.29, 1.82) is 0 Å². The Labute approximate surface area is 80.4 Å². The molecule has 0 amide bonds. The number of hydrogen-bond donors (Lipinski definition) is 0. The molecule has 0 heterocycles. The van der Waals surface area contributed by atoms with Gasteiger partial charge in [-0.15, -0.1) is 0 Å². The topological polar surface area (TPSA) is 0 Å². The van der Waals surface area contributed by atoms with Crippen LogP contribution in [0.15, 0.2) is 30.3 Å². The van der Waals surface area contributed by atoms with Gasteiger partial charge in [0.05, 0.1) is 0 Å². The fourth-order valence-electron chi connectivity index (χ4n) is 2.07. The molecule has 1 aromatic rings. The van der Waals surface area contributed by atoms with Crippen molar-refractivity contribution in [2.45, 2.75) is 18.3 Å². The lowest BCUT2D eigenvalue weighted by atomic mass is 9.98. The highest BCUT2D eigenvalue weighted by Crippen LogP contribution is 2.57. The summed E-state index contributed by atoms with van der Waals surface area (Å²) >= 11 is 3.61. The first-order valence-electron chi connectivity index (χ1n) is 4.30. The summed E-state index contributed by atoms with van der Waals surface area (Å²) in [5.74, 6) is 0. The second-order valence-electron chi connectivity index (χ2n) is 3.69. The molecule has 0 unspecified atom stereocenters. The van der Waals surface area contributed by atoms with Crippen LogP contribution in [0.5, 0.6) is 0 Å². The Morgan fingerprint density at radius 2 is 1.92 bits per heavy atom. The van der Waals surface area contributed by atoms with Crippen molar-refractivity contribution in [3.8, 4) is 0 Å². The van der Waals surface area contributed by atoms with Gasteiger partial charge in [0.1, 0.15) is 0 Å². The van der Waals surface area contributed by atoms with Gasteiger partial charge in [-0.1, -0.05) is 46.3 Å². The summed E-state index contributed by atoms with van der Waals surface area (Å²) in [6.07, 6.45) is 5.04. The molecule has 2 aliphatic carbocycles. The van der Waals surface area contributed by atoms with Gasteiger partial charge in [-0.05, 0) is 24.0 Å². The Kier molecular flexibility index (Phi) is 1.16. The van der Waals surface area contributed by atoms with Crippen molar-refractivity contribution in [2.24, 2.45) is 0 Å². The number of allylic oxidation sites excluding steroid dienone is 1. The zero-order valence-corrected chi connectivity index (χ0v) is 8.26. The second-order valence-corrected chi connectivity index (χ2v) is 4.55. The molecule has 2 aliphatic rings. The van der Waals surface area contributed by atoms with Gasteiger partial charge < -0.3 is 0 Å². The highest BCUT2D eigenvalue weighted by Gasteiger charge is 2.47. The molecule has 0 atom stereocenters. The first-order valence-corrected chi connectivity index (χ1v) is 5.09. The quantitative estimate of drug-likeness (QED) is 0.629. The van der Waals surface area contributed by atoms with Gasteiger partial charge in [-0.3, -0.25) is 0 Å². The largest absolute Gasteiger partial charge is 0.0619 e. The van der Waals surface area contributed by atoms with Crippen LogP contribution in [0.1, 0.15) is 24.0 Å². The van der Waals surface area contributed by atoms with Crippen LogP contribution < -0.4 is 0 Å². The molecular formula is C11H9Br. The van der Waals surface area contributed by atoms with E-state index in [1.807, 2.05) is 0 Å². The molecule has 1 aromatic carbocycles. The van der Waals surface area contributed by atoms with Crippen LogP contribution in [-0.2, 0) is 5.41 Å². The molecule has 1 spiro atoms. The van der Waals surface area contributed by atoms with Crippen LogP contribution in [0.2, 0.25) is 0 Å². The van der Waals surface area contributed by atoms with E-state index >= 15 is 0 Å².